The van der Waals surface area contributed by atoms with Gasteiger partial charge in [-0.05, 0) is 12.8 Å². The molecular weight excluding hydrogens is 152 g/mol. The third-order valence-corrected chi connectivity index (χ3v) is 1.57. The summed E-state index contributed by atoms with van der Waals surface area (Å²) in [5.74, 6) is 0.0981. The zero-order valence-corrected chi connectivity index (χ0v) is 7.84. The maximum absolute atomic E-state index is 11.3. The van der Waals surface area contributed by atoms with Crippen LogP contribution in [0.4, 0.5) is 0 Å². The summed E-state index contributed by atoms with van der Waals surface area (Å²) in [6.07, 6.45) is 2.32. The van der Waals surface area contributed by atoms with Crippen LogP contribution in [-0.2, 0) is 4.79 Å². The smallest absolute Gasteiger partial charge is 0.223 e. The van der Waals surface area contributed by atoms with Gasteiger partial charge < -0.3 is 4.90 Å². The Hall–Kier alpha value is -1.04. The molecule has 0 saturated carbocycles. The van der Waals surface area contributed by atoms with Gasteiger partial charge >= 0.3 is 0 Å². The maximum Gasteiger partial charge on any atom is 0.223 e. The Kier molecular flexibility index (Phi) is 6.08. The molecule has 0 unspecified atom stereocenters. The molecule has 0 fully saturated rings. The first-order chi connectivity index (χ1) is 5.76. The molecule has 1 amide bonds. The van der Waals surface area contributed by atoms with Gasteiger partial charge in [0.15, 0.2) is 0 Å². The molecule has 0 N–H and O–H groups in total. The van der Waals surface area contributed by atoms with E-state index < -0.39 is 0 Å². The molecule has 0 saturated heterocycles. The predicted molar refractivity (Wildman–Crippen MR) is 47.4 cm³/mol. The second-order valence-electron chi connectivity index (χ2n) is 2.72. The predicted octanol–water partition coefficient (Wildman–Crippen LogP) is 1.55. The van der Waals surface area contributed by atoms with Crippen molar-refractivity contribution in [1.29, 1.82) is 5.26 Å². The third-order valence-electron chi connectivity index (χ3n) is 1.57. The van der Waals surface area contributed by atoms with Crippen LogP contribution in [0, 0.1) is 11.3 Å². The van der Waals surface area contributed by atoms with Crippen LogP contribution in [0.15, 0.2) is 0 Å². The molecule has 0 spiro atoms. The van der Waals surface area contributed by atoms with Gasteiger partial charge in [0.05, 0.1) is 6.07 Å². The van der Waals surface area contributed by atoms with Crippen LogP contribution in [0.25, 0.3) is 0 Å². The van der Waals surface area contributed by atoms with Gasteiger partial charge in [-0.25, -0.2) is 0 Å². The van der Waals surface area contributed by atoms with Gasteiger partial charge in [-0.3, -0.25) is 4.79 Å². The molecule has 3 nitrogen and oxygen atoms in total. The lowest BCUT2D eigenvalue weighted by Gasteiger charge is -2.17. The normalized spacial score (nSPS) is 9.08. The molecule has 0 aliphatic rings. The molecule has 0 aliphatic carbocycles. The molecule has 0 aromatic heterocycles. The minimum Gasteiger partial charge on any atom is -0.329 e. The van der Waals surface area contributed by atoms with Gasteiger partial charge in [-0.15, -0.1) is 0 Å². The Morgan fingerprint density at radius 1 is 1.42 bits per heavy atom. The van der Waals surface area contributed by atoms with E-state index in [4.69, 9.17) is 5.26 Å². The van der Waals surface area contributed by atoms with Gasteiger partial charge in [0, 0.05) is 13.0 Å². The van der Waals surface area contributed by atoms with Crippen molar-refractivity contribution >= 4 is 5.91 Å². The Morgan fingerprint density at radius 2 is 2.08 bits per heavy atom. The number of rotatable bonds is 5. The van der Waals surface area contributed by atoms with E-state index in [2.05, 4.69) is 0 Å². The van der Waals surface area contributed by atoms with Gasteiger partial charge in [-0.2, -0.15) is 5.26 Å². The summed E-state index contributed by atoms with van der Waals surface area (Å²) in [6.45, 7) is 4.90. The molecule has 3 heteroatoms. The highest BCUT2D eigenvalue weighted by atomic mass is 16.2. The summed E-state index contributed by atoms with van der Waals surface area (Å²) in [6, 6.07) is 2.00. The van der Waals surface area contributed by atoms with Crippen molar-refractivity contribution in [3.63, 3.8) is 0 Å². The van der Waals surface area contributed by atoms with Crippen molar-refractivity contribution in [2.75, 3.05) is 13.1 Å². The number of carbonyl (C=O) groups excluding carboxylic acids is 1. The van der Waals surface area contributed by atoms with Gasteiger partial charge in [0.2, 0.25) is 5.91 Å². The lowest BCUT2D eigenvalue weighted by Crippen LogP contribution is -2.31. The first kappa shape index (κ1) is 11.0. The highest BCUT2D eigenvalue weighted by Gasteiger charge is 2.09. The van der Waals surface area contributed by atoms with E-state index in [1.165, 1.54) is 0 Å². The van der Waals surface area contributed by atoms with Crippen LogP contribution in [-0.4, -0.2) is 23.9 Å². The Labute approximate surface area is 74.0 Å². The first-order valence-electron chi connectivity index (χ1n) is 4.41. The minimum atomic E-state index is 0.0981. The molecule has 0 aliphatic heterocycles. The molecule has 68 valence electrons. The lowest BCUT2D eigenvalue weighted by molar-refractivity contribution is -0.130. The summed E-state index contributed by atoms with van der Waals surface area (Å²) >= 11 is 0. The van der Waals surface area contributed by atoms with Crippen LogP contribution in [0.5, 0.6) is 0 Å². The lowest BCUT2D eigenvalue weighted by atomic mass is 10.3. The van der Waals surface area contributed by atoms with E-state index in [-0.39, 0.29) is 12.5 Å². The molecule has 12 heavy (non-hydrogen) atoms. The van der Waals surface area contributed by atoms with Crippen molar-refractivity contribution in [1.82, 2.24) is 4.90 Å². The zero-order valence-electron chi connectivity index (χ0n) is 7.84. The molecule has 0 aromatic rings. The van der Waals surface area contributed by atoms with Crippen molar-refractivity contribution in [3.8, 4) is 6.07 Å². The zero-order chi connectivity index (χ0) is 9.40. The topological polar surface area (TPSA) is 44.1 Å². The fraction of sp³-hybridized carbons (Fsp3) is 0.778. The summed E-state index contributed by atoms with van der Waals surface area (Å²) in [4.78, 5) is 12.9. The van der Waals surface area contributed by atoms with Crippen molar-refractivity contribution in [2.24, 2.45) is 0 Å². The van der Waals surface area contributed by atoms with Crippen molar-refractivity contribution in [3.05, 3.63) is 0 Å². The van der Waals surface area contributed by atoms with Crippen LogP contribution >= 0.6 is 0 Å². The third kappa shape index (κ3) is 3.97. The second kappa shape index (κ2) is 6.66. The largest absolute Gasteiger partial charge is 0.329 e. The molecular formula is C9H16N2O. The van der Waals surface area contributed by atoms with E-state index >= 15 is 0 Å². The van der Waals surface area contributed by atoms with Gasteiger partial charge in [0.1, 0.15) is 6.54 Å². The van der Waals surface area contributed by atoms with Crippen molar-refractivity contribution < 1.29 is 4.79 Å². The van der Waals surface area contributed by atoms with E-state index in [1.54, 1.807) is 4.90 Å². The van der Waals surface area contributed by atoms with E-state index in [0.717, 1.165) is 12.8 Å². The van der Waals surface area contributed by atoms with Crippen molar-refractivity contribution in [2.45, 2.75) is 33.1 Å². The van der Waals surface area contributed by atoms with Crippen LogP contribution in [0.2, 0.25) is 0 Å². The number of amides is 1. The van der Waals surface area contributed by atoms with E-state index in [1.807, 2.05) is 19.9 Å². The van der Waals surface area contributed by atoms with Crippen LogP contribution in [0.1, 0.15) is 33.1 Å². The Bertz CT molecular complexity index is 172. The number of nitriles is 1. The molecule has 0 rings (SSSR count). The van der Waals surface area contributed by atoms with E-state index in [9.17, 15) is 4.79 Å². The monoisotopic (exact) mass is 168 g/mol. The van der Waals surface area contributed by atoms with Gasteiger partial charge in [-0.1, -0.05) is 13.8 Å². The van der Waals surface area contributed by atoms with E-state index in [0.29, 0.717) is 13.0 Å². The number of carbonyl (C=O) groups is 1. The SMILES string of the molecule is CCCC(=O)N(CC#N)CCC. The van der Waals surface area contributed by atoms with Gasteiger partial charge in [0.25, 0.3) is 0 Å². The van der Waals surface area contributed by atoms with Crippen LogP contribution < -0.4 is 0 Å². The Balaban J connectivity index is 3.92. The first-order valence-corrected chi connectivity index (χ1v) is 4.41. The number of nitrogens with zero attached hydrogens (tertiary/aromatic N) is 2. The molecule has 0 bridgehead atoms. The maximum atomic E-state index is 11.3. The average molecular weight is 168 g/mol. The summed E-state index contributed by atoms with van der Waals surface area (Å²) in [5, 5.41) is 8.44. The highest BCUT2D eigenvalue weighted by molar-refractivity contribution is 5.76. The second-order valence-corrected chi connectivity index (χ2v) is 2.72. The minimum absolute atomic E-state index is 0.0981. The fourth-order valence-corrected chi connectivity index (χ4v) is 1.02. The average Bonchev–Trinajstić information content (AvgIpc) is 2.04. The quantitative estimate of drug-likeness (QED) is 0.584. The summed E-state index contributed by atoms with van der Waals surface area (Å²) in [7, 11) is 0. The molecule has 0 atom stereocenters. The summed E-state index contributed by atoms with van der Waals surface area (Å²) < 4.78 is 0. The van der Waals surface area contributed by atoms with Crippen LogP contribution in [0.3, 0.4) is 0 Å². The molecule has 0 radical (unpaired) electrons. The molecule has 0 heterocycles. The fourth-order valence-electron chi connectivity index (χ4n) is 1.02. The summed E-state index contributed by atoms with van der Waals surface area (Å²) in [5.41, 5.74) is 0. The Morgan fingerprint density at radius 3 is 2.50 bits per heavy atom. The number of hydrogen-bond acceptors (Lipinski definition) is 2. The standard InChI is InChI=1S/C9H16N2O/c1-3-5-9(12)11(7-4-2)8-6-10/h3-5,7-8H2,1-2H3. The highest BCUT2D eigenvalue weighted by Crippen LogP contribution is 1.98. The number of hydrogen-bond donors (Lipinski definition) is 0. The molecule has 0 aromatic carbocycles.